The lowest BCUT2D eigenvalue weighted by Crippen LogP contribution is -2.42. The van der Waals surface area contributed by atoms with Crippen LogP contribution < -0.4 is 0 Å². The van der Waals surface area contributed by atoms with Gasteiger partial charge in [0.15, 0.2) is 0 Å². The lowest BCUT2D eigenvalue weighted by molar-refractivity contribution is -0.184. The van der Waals surface area contributed by atoms with E-state index in [4.69, 9.17) is 0 Å². The minimum absolute atomic E-state index is 0.860. The first-order valence-electron chi connectivity index (χ1n) is 3.25. The molecule has 1 saturated heterocycles. The zero-order chi connectivity index (χ0) is 8.86. The van der Waals surface area contributed by atoms with Crippen molar-refractivity contribution < 1.29 is 17.6 Å². The molecular formula is C6H9F4N. The maximum Gasteiger partial charge on any atom is 0.326 e. The first-order valence-corrected chi connectivity index (χ1v) is 3.25. The smallest absolute Gasteiger partial charge is 0.292 e. The predicted molar refractivity (Wildman–Crippen MR) is 32.0 cm³/mol. The summed E-state index contributed by atoms with van der Waals surface area (Å²) in [5.74, 6) is -7.76. The van der Waals surface area contributed by atoms with E-state index in [1.54, 1.807) is 0 Å². The van der Waals surface area contributed by atoms with Crippen molar-refractivity contribution in [3.8, 4) is 0 Å². The molecule has 1 heterocycles. The molecule has 1 fully saturated rings. The zero-order valence-corrected chi connectivity index (χ0v) is 6.24. The molecule has 0 radical (unpaired) electrons. The van der Waals surface area contributed by atoms with Crippen LogP contribution in [0.4, 0.5) is 17.6 Å². The molecule has 1 rings (SSSR count). The lowest BCUT2D eigenvalue weighted by Gasteiger charge is -2.21. The van der Waals surface area contributed by atoms with Gasteiger partial charge in [-0.25, -0.2) is 0 Å². The number of hydrogen-bond acceptors (Lipinski definition) is 1. The van der Waals surface area contributed by atoms with Crippen molar-refractivity contribution in [3.05, 3.63) is 0 Å². The minimum Gasteiger partial charge on any atom is -0.292 e. The summed E-state index contributed by atoms with van der Waals surface area (Å²) in [6, 6.07) is -1.38. The highest BCUT2D eigenvalue weighted by molar-refractivity contribution is 5.01. The van der Waals surface area contributed by atoms with E-state index in [1.165, 1.54) is 7.05 Å². The maximum absolute atomic E-state index is 12.6. The molecule has 1 aliphatic heterocycles. The Kier molecular flexibility index (Phi) is 1.67. The fourth-order valence-corrected chi connectivity index (χ4v) is 1.14. The Morgan fingerprint density at radius 2 is 1.73 bits per heavy atom. The van der Waals surface area contributed by atoms with Gasteiger partial charge in [0, 0.05) is 0 Å². The van der Waals surface area contributed by atoms with Gasteiger partial charge in [0.2, 0.25) is 0 Å². The monoisotopic (exact) mass is 171 g/mol. The number of alkyl halides is 4. The minimum atomic E-state index is -3.89. The van der Waals surface area contributed by atoms with E-state index in [9.17, 15) is 17.6 Å². The van der Waals surface area contributed by atoms with E-state index in [-0.39, 0.29) is 0 Å². The van der Waals surface area contributed by atoms with Gasteiger partial charge in [0.25, 0.3) is 0 Å². The van der Waals surface area contributed by atoms with Crippen molar-refractivity contribution in [2.45, 2.75) is 24.8 Å². The van der Waals surface area contributed by atoms with Gasteiger partial charge in [-0.2, -0.15) is 17.6 Å². The average molecular weight is 171 g/mol. The second kappa shape index (κ2) is 2.09. The Balaban J connectivity index is 2.92. The average Bonchev–Trinajstić information content (AvgIpc) is 1.93. The summed E-state index contributed by atoms with van der Waals surface area (Å²) >= 11 is 0. The lowest BCUT2D eigenvalue weighted by atomic mass is 10.1. The fraction of sp³-hybridized carbons (Fsp3) is 1.00. The Bertz CT molecular complexity index is 168. The largest absolute Gasteiger partial charge is 0.326 e. The molecule has 0 aliphatic carbocycles. The normalized spacial score (nSPS) is 36.0. The standard InChI is InChI=1S/C6H9F4N/c1-4-6(9,10)5(7,8)3-11(4)2/h4H,3H2,1-2H3. The van der Waals surface area contributed by atoms with Crippen LogP contribution >= 0.6 is 0 Å². The number of hydrogen-bond donors (Lipinski definition) is 0. The maximum atomic E-state index is 12.6. The van der Waals surface area contributed by atoms with E-state index >= 15 is 0 Å². The van der Waals surface area contributed by atoms with Crippen LogP contribution in [0.15, 0.2) is 0 Å². The third-order valence-electron chi connectivity index (χ3n) is 2.12. The molecule has 1 unspecified atom stereocenters. The van der Waals surface area contributed by atoms with Crippen molar-refractivity contribution in [2.75, 3.05) is 13.6 Å². The van der Waals surface area contributed by atoms with Crippen molar-refractivity contribution in [3.63, 3.8) is 0 Å². The Hall–Kier alpha value is -0.320. The zero-order valence-electron chi connectivity index (χ0n) is 6.24. The number of likely N-dealkylation sites (tertiary alicyclic amines) is 1. The number of halogens is 4. The molecule has 0 spiro atoms. The second-order valence-electron chi connectivity index (χ2n) is 2.92. The molecule has 0 aromatic carbocycles. The molecule has 66 valence electrons. The van der Waals surface area contributed by atoms with E-state index in [0.717, 1.165) is 11.8 Å². The van der Waals surface area contributed by atoms with Crippen LogP contribution in [0.3, 0.4) is 0 Å². The highest BCUT2D eigenvalue weighted by Crippen LogP contribution is 2.44. The molecule has 1 atom stereocenters. The van der Waals surface area contributed by atoms with Crippen molar-refractivity contribution in [2.24, 2.45) is 0 Å². The number of rotatable bonds is 0. The van der Waals surface area contributed by atoms with Gasteiger partial charge in [-0.15, -0.1) is 0 Å². The van der Waals surface area contributed by atoms with Crippen molar-refractivity contribution in [1.82, 2.24) is 4.90 Å². The Morgan fingerprint density at radius 1 is 1.27 bits per heavy atom. The van der Waals surface area contributed by atoms with E-state index in [1.807, 2.05) is 0 Å². The summed E-state index contributed by atoms with van der Waals surface area (Å²) in [5, 5.41) is 0. The molecule has 0 amide bonds. The third-order valence-corrected chi connectivity index (χ3v) is 2.12. The fourth-order valence-electron chi connectivity index (χ4n) is 1.14. The quantitative estimate of drug-likeness (QED) is 0.500. The highest BCUT2D eigenvalue weighted by atomic mass is 19.3. The molecule has 0 saturated carbocycles. The molecular weight excluding hydrogens is 162 g/mol. The molecule has 0 bridgehead atoms. The molecule has 5 heteroatoms. The van der Waals surface area contributed by atoms with Gasteiger partial charge in [-0.3, -0.25) is 4.90 Å². The van der Waals surface area contributed by atoms with E-state index in [2.05, 4.69) is 0 Å². The molecule has 11 heavy (non-hydrogen) atoms. The SMILES string of the molecule is CC1N(C)CC(F)(F)C1(F)F. The van der Waals surface area contributed by atoms with Gasteiger partial charge in [0.05, 0.1) is 12.6 Å². The van der Waals surface area contributed by atoms with Gasteiger partial charge in [0.1, 0.15) is 0 Å². The third kappa shape index (κ3) is 1.02. The van der Waals surface area contributed by atoms with Crippen LogP contribution in [0.1, 0.15) is 6.92 Å². The van der Waals surface area contributed by atoms with Crippen LogP contribution in [0.5, 0.6) is 0 Å². The second-order valence-corrected chi connectivity index (χ2v) is 2.92. The van der Waals surface area contributed by atoms with E-state index in [0.29, 0.717) is 0 Å². The van der Waals surface area contributed by atoms with Gasteiger partial charge in [-0.1, -0.05) is 0 Å². The summed E-state index contributed by atoms with van der Waals surface area (Å²) in [7, 11) is 1.26. The summed E-state index contributed by atoms with van der Waals surface area (Å²) < 4.78 is 50.0. The van der Waals surface area contributed by atoms with Crippen LogP contribution in [-0.2, 0) is 0 Å². The molecule has 1 nitrogen and oxygen atoms in total. The van der Waals surface area contributed by atoms with Crippen LogP contribution in [0, 0.1) is 0 Å². The molecule has 1 aliphatic rings. The predicted octanol–water partition coefficient (Wildman–Crippen LogP) is 1.59. The first kappa shape index (κ1) is 8.77. The molecule has 0 aromatic heterocycles. The molecule has 0 aromatic rings. The molecule has 0 N–H and O–H groups in total. The van der Waals surface area contributed by atoms with Crippen LogP contribution in [0.2, 0.25) is 0 Å². The van der Waals surface area contributed by atoms with Crippen molar-refractivity contribution >= 4 is 0 Å². The van der Waals surface area contributed by atoms with Gasteiger partial charge >= 0.3 is 11.8 Å². The van der Waals surface area contributed by atoms with Crippen molar-refractivity contribution in [1.29, 1.82) is 0 Å². The Morgan fingerprint density at radius 3 is 1.82 bits per heavy atom. The summed E-state index contributed by atoms with van der Waals surface area (Å²) in [5.41, 5.74) is 0. The summed E-state index contributed by atoms with van der Waals surface area (Å²) in [6.07, 6.45) is 0. The number of nitrogens with zero attached hydrogens (tertiary/aromatic N) is 1. The van der Waals surface area contributed by atoms with Crippen LogP contribution in [-0.4, -0.2) is 36.4 Å². The van der Waals surface area contributed by atoms with Gasteiger partial charge in [-0.05, 0) is 14.0 Å². The summed E-state index contributed by atoms with van der Waals surface area (Å²) in [4.78, 5) is 0.958. The first-order chi connectivity index (χ1) is 4.79. The van der Waals surface area contributed by atoms with Gasteiger partial charge < -0.3 is 0 Å². The van der Waals surface area contributed by atoms with Crippen LogP contribution in [0.25, 0.3) is 0 Å². The Labute approximate surface area is 62.0 Å². The highest BCUT2D eigenvalue weighted by Gasteiger charge is 2.66. The topological polar surface area (TPSA) is 3.24 Å². The summed E-state index contributed by atoms with van der Waals surface area (Å²) in [6.45, 7) is 0.238. The van der Waals surface area contributed by atoms with E-state index < -0.39 is 24.4 Å².